The summed E-state index contributed by atoms with van der Waals surface area (Å²) in [6.07, 6.45) is 0. The van der Waals surface area contributed by atoms with Crippen LogP contribution in [0.25, 0.3) is 0 Å². The van der Waals surface area contributed by atoms with Gasteiger partial charge in [-0.15, -0.1) is 0 Å². The van der Waals surface area contributed by atoms with Crippen LogP contribution in [-0.4, -0.2) is 49.2 Å². The zero-order valence-corrected chi connectivity index (χ0v) is 17.8. The second-order valence-corrected chi connectivity index (χ2v) is 10.5. The molecule has 0 radical (unpaired) electrons. The highest BCUT2D eigenvalue weighted by Crippen LogP contribution is 2.33. The number of rotatable bonds is 5. The van der Waals surface area contributed by atoms with E-state index in [-0.39, 0.29) is 23.6 Å². The van der Waals surface area contributed by atoms with Crippen LogP contribution in [0.3, 0.4) is 0 Å². The van der Waals surface area contributed by atoms with Crippen LogP contribution >= 0.6 is 23.4 Å². The molecule has 0 N–H and O–H groups in total. The highest BCUT2D eigenvalue weighted by atomic mass is 35.5. The molecule has 0 saturated carbocycles. The third-order valence-electron chi connectivity index (χ3n) is 5.01. The van der Waals surface area contributed by atoms with Gasteiger partial charge in [0.2, 0.25) is 0 Å². The summed E-state index contributed by atoms with van der Waals surface area (Å²) >= 11 is 7.65. The second kappa shape index (κ2) is 7.97. The molecule has 2 aromatic carbocycles. The van der Waals surface area contributed by atoms with Gasteiger partial charge in [0.05, 0.1) is 30.7 Å². The van der Waals surface area contributed by atoms with Crippen LogP contribution in [0, 0.1) is 0 Å². The van der Waals surface area contributed by atoms with Gasteiger partial charge in [0, 0.05) is 17.3 Å². The van der Waals surface area contributed by atoms with Gasteiger partial charge in [0.25, 0.3) is 0 Å². The molecule has 0 aliphatic carbocycles. The number of halogens is 1. The van der Waals surface area contributed by atoms with Crippen molar-refractivity contribution in [3.05, 3.63) is 64.7 Å². The average molecular weight is 437 g/mol. The Labute approximate surface area is 174 Å². The summed E-state index contributed by atoms with van der Waals surface area (Å²) in [5.41, 5.74) is 2.26. The van der Waals surface area contributed by atoms with Crippen LogP contribution in [0.5, 0.6) is 5.75 Å². The molecule has 0 amide bonds. The van der Waals surface area contributed by atoms with Gasteiger partial charge in [-0.2, -0.15) is 0 Å². The van der Waals surface area contributed by atoms with E-state index in [9.17, 15) is 8.42 Å². The Bertz CT molecular complexity index is 976. The second-order valence-electron chi connectivity index (χ2n) is 7.01. The van der Waals surface area contributed by atoms with E-state index in [2.05, 4.69) is 4.90 Å². The molecule has 2 heterocycles. The Morgan fingerprint density at radius 1 is 1.11 bits per heavy atom. The number of aliphatic imine (C=N–C) groups is 1. The predicted octanol–water partition coefficient (Wildman–Crippen LogP) is 3.62. The lowest BCUT2D eigenvalue weighted by Gasteiger charge is -2.26. The lowest BCUT2D eigenvalue weighted by Crippen LogP contribution is -2.38. The summed E-state index contributed by atoms with van der Waals surface area (Å²) in [6.45, 7) is 0.627. The standard InChI is InChI=1S/C20H21ClN2O3S2/c1-26-17-8-4-15(5-9-17)11-27-20-22-18-12-28(24,25)13-19(18)23(20)10-14-2-6-16(21)7-3-14/h2-9,18-19H,10-13H2,1H3/t18-,19-/m0/s1. The lowest BCUT2D eigenvalue weighted by atomic mass is 10.1. The van der Waals surface area contributed by atoms with E-state index >= 15 is 0 Å². The summed E-state index contributed by atoms with van der Waals surface area (Å²) < 4.78 is 29.4. The van der Waals surface area contributed by atoms with Crippen LogP contribution in [0.2, 0.25) is 5.02 Å². The Morgan fingerprint density at radius 3 is 2.46 bits per heavy atom. The molecule has 2 aromatic rings. The monoisotopic (exact) mass is 436 g/mol. The minimum Gasteiger partial charge on any atom is -0.497 e. The van der Waals surface area contributed by atoms with Crippen molar-refractivity contribution in [2.45, 2.75) is 24.4 Å². The number of benzene rings is 2. The van der Waals surface area contributed by atoms with Crippen molar-refractivity contribution in [3.8, 4) is 5.75 Å². The van der Waals surface area contributed by atoms with E-state index in [0.717, 1.165) is 22.2 Å². The molecule has 1 saturated heterocycles. The fourth-order valence-corrected chi connectivity index (χ4v) is 6.62. The first-order valence-corrected chi connectivity index (χ1v) is 12.2. The van der Waals surface area contributed by atoms with Crippen LogP contribution < -0.4 is 4.74 Å². The van der Waals surface area contributed by atoms with Crippen LogP contribution in [0.1, 0.15) is 11.1 Å². The van der Waals surface area contributed by atoms with Gasteiger partial charge in [-0.05, 0) is 35.4 Å². The van der Waals surface area contributed by atoms with E-state index in [0.29, 0.717) is 11.6 Å². The molecule has 0 aromatic heterocycles. The molecule has 5 nitrogen and oxygen atoms in total. The van der Waals surface area contributed by atoms with Gasteiger partial charge in [-0.1, -0.05) is 47.6 Å². The van der Waals surface area contributed by atoms with Crippen molar-refractivity contribution in [3.63, 3.8) is 0 Å². The zero-order chi connectivity index (χ0) is 19.7. The van der Waals surface area contributed by atoms with Crippen molar-refractivity contribution in [2.75, 3.05) is 18.6 Å². The summed E-state index contributed by atoms with van der Waals surface area (Å²) in [7, 11) is -1.38. The summed E-state index contributed by atoms with van der Waals surface area (Å²) in [4.78, 5) is 6.91. The first-order valence-electron chi connectivity index (χ1n) is 8.98. The number of nitrogens with zero attached hydrogens (tertiary/aromatic N) is 2. The number of thioether (sulfide) groups is 1. The number of ether oxygens (including phenoxy) is 1. The molecule has 4 rings (SSSR count). The smallest absolute Gasteiger partial charge is 0.160 e. The quantitative estimate of drug-likeness (QED) is 0.716. The average Bonchev–Trinajstić information content (AvgIpc) is 3.14. The fraction of sp³-hybridized carbons (Fsp3) is 0.350. The van der Waals surface area contributed by atoms with Crippen LogP contribution in [-0.2, 0) is 22.1 Å². The maximum atomic E-state index is 12.1. The lowest BCUT2D eigenvalue weighted by molar-refractivity contribution is 0.343. The maximum Gasteiger partial charge on any atom is 0.160 e. The first kappa shape index (κ1) is 19.6. The normalized spacial score (nSPS) is 22.8. The molecular weight excluding hydrogens is 416 g/mol. The van der Waals surface area contributed by atoms with Gasteiger partial charge in [-0.25, -0.2) is 8.42 Å². The Kier molecular flexibility index (Phi) is 5.58. The molecular formula is C20H21ClN2O3S2. The van der Waals surface area contributed by atoms with Crippen LogP contribution in [0.4, 0.5) is 0 Å². The minimum atomic E-state index is -3.03. The molecule has 148 valence electrons. The van der Waals surface area contributed by atoms with Crippen molar-refractivity contribution < 1.29 is 13.2 Å². The van der Waals surface area contributed by atoms with Crippen LogP contribution in [0.15, 0.2) is 53.5 Å². The van der Waals surface area contributed by atoms with E-state index in [1.54, 1.807) is 18.9 Å². The van der Waals surface area contributed by atoms with Crippen molar-refractivity contribution >= 4 is 38.4 Å². The topological polar surface area (TPSA) is 59.0 Å². The van der Waals surface area contributed by atoms with E-state index in [1.807, 2.05) is 48.5 Å². The molecule has 0 bridgehead atoms. The predicted molar refractivity (Wildman–Crippen MR) is 115 cm³/mol. The molecule has 2 atom stereocenters. The number of amidine groups is 1. The van der Waals surface area contributed by atoms with Crippen molar-refractivity contribution in [2.24, 2.45) is 4.99 Å². The molecule has 1 fully saturated rings. The van der Waals surface area contributed by atoms with Gasteiger partial charge in [-0.3, -0.25) is 4.99 Å². The zero-order valence-electron chi connectivity index (χ0n) is 15.4. The molecule has 8 heteroatoms. The number of hydrogen-bond donors (Lipinski definition) is 0. The highest BCUT2D eigenvalue weighted by Gasteiger charge is 2.46. The van der Waals surface area contributed by atoms with Gasteiger partial charge < -0.3 is 9.64 Å². The first-order chi connectivity index (χ1) is 13.4. The van der Waals surface area contributed by atoms with Crippen molar-refractivity contribution in [1.29, 1.82) is 0 Å². The summed E-state index contributed by atoms with van der Waals surface area (Å²) in [5, 5.41) is 1.60. The third kappa shape index (κ3) is 4.31. The fourth-order valence-electron chi connectivity index (χ4n) is 3.55. The molecule has 0 spiro atoms. The molecule has 0 unspecified atom stereocenters. The Balaban J connectivity index is 1.51. The highest BCUT2D eigenvalue weighted by molar-refractivity contribution is 8.13. The van der Waals surface area contributed by atoms with E-state index in [1.165, 1.54) is 5.56 Å². The molecule has 28 heavy (non-hydrogen) atoms. The molecule has 2 aliphatic rings. The minimum absolute atomic E-state index is 0.0842. The van der Waals surface area contributed by atoms with E-state index in [4.69, 9.17) is 21.3 Å². The van der Waals surface area contributed by atoms with Crippen molar-refractivity contribution in [1.82, 2.24) is 4.90 Å². The molecule has 2 aliphatic heterocycles. The van der Waals surface area contributed by atoms with Gasteiger partial charge in [0.1, 0.15) is 5.75 Å². The Hall–Kier alpha value is -1.70. The number of fused-ring (bicyclic) bond motifs is 1. The van der Waals surface area contributed by atoms with Gasteiger partial charge >= 0.3 is 0 Å². The summed E-state index contributed by atoms with van der Waals surface area (Å²) in [6, 6.07) is 15.4. The largest absolute Gasteiger partial charge is 0.497 e. The number of hydrogen-bond acceptors (Lipinski definition) is 6. The maximum absolute atomic E-state index is 12.1. The van der Waals surface area contributed by atoms with Gasteiger partial charge in [0.15, 0.2) is 15.0 Å². The summed E-state index contributed by atoms with van der Waals surface area (Å²) in [5.74, 6) is 1.91. The number of methoxy groups -OCH3 is 1. The third-order valence-corrected chi connectivity index (χ3v) is 8.04. The SMILES string of the molecule is COc1ccc(CSC2=N[C@H]3CS(=O)(=O)C[C@@H]3N2Cc2ccc(Cl)cc2)cc1. The number of sulfone groups is 1. The van der Waals surface area contributed by atoms with E-state index < -0.39 is 9.84 Å². The Morgan fingerprint density at radius 2 is 1.79 bits per heavy atom.